The summed E-state index contributed by atoms with van der Waals surface area (Å²) < 4.78 is 29.2. The normalized spacial score (nSPS) is 21.1. The lowest BCUT2D eigenvalue weighted by atomic mass is 9.84. The SMILES string of the molecule is CCN(C(=O)c1ccc(S(=O)(=O)CCOC)cc1)[C@@H]1CCCC[C@H]1C. The van der Waals surface area contributed by atoms with Crippen LogP contribution in [0.15, 0.2) is 29.2 Å². The van der Waals surface area contributed by atoms with Gasteiger partial charge in [0.2, 0.25) is 0 Å². The van der Waals surface area contributed by atoms with E-state index in [0.29, 0.717) is 18.0 Å². The molecule has 0 bridgehead atoms. The van der Waals surface area contributed by atoms with Crippen LogP contribution in [-0.4, -0.2) is 51.3 Å². The van der Waals surface area contributed by atoms with Gasteiger partial charge in [0.1, 0.15) is 0 Å². The minimum Gasteiger partial charge on any atom is -0.384 e. The standard InChI is InChI=1S/C19H29NO4S/c1-4-20(18-8-6-5-7-15(18)2)19(21)16-9-11-17(12-10-16)25(22,23)14-13-24-3/h9-12,15,18H,4-8,13-14H2,1-3H3/t15-,18-/m1/s1. The first-order valence-electron chi connectivity index (χ1n) is 9.03. The summed E-state index contributed by atoms with van der Waals surface area (Å²) in [6.07, 6.45) is 4.60. The Morgan fingerprint density at radius 3 is 2.40 bits per heavy atom. The second-order valence-electron chi connectivity index (χ2n) is 6.76. The van der Waals surface area contributed by atoms with Crippen LogP contribution in [0.3, 0.4) is 0 Å². The van der Waals surface area contributed by atoms with Crippen LogP contribution < -0.4 is 0 Å². The van der Waals surface area contributed by atoms with Gasteiger partial charge in [-0.3, -0.25) is 4.79 Å². The molecule has 0 N–H and O–H groups in total. The minimum absolute atomic E-state index is 0.0120. The van der Waals surface area contributed by atoms with Gasteiger partial charge >= 0.3 is 0 Å². The Kier molecular flexibility index (Phi) is 7.02. The Morgan fingerprint density at radius 2 is 1.84 bits per heavy atom. The van der Waals surface area contributed by atoms with E-state index < -0.39 is 9.84 Å². The fraction of sp³-hybridized carbons (Fsp3) is 0.632. The van der Waals surface area contributed by atoms with E-state index in [9.17, 15) is 13.2 Å². The third-order valence-corrected chi connectivity index (χ3v) is 6.78. The van der Waals surface area contributed by atoms with Crippen molar-refractivity contribution in [3.63, 3.8) is 0 Å². The third kappa shape index (κ3) is 4.82. The van der Waals surface area contributed by atoms with Crippen LogP contribution in [0.5, 0.6) is 0 Å². The van der Waals surface area contributed by atoms with E-state index in [2.05, 4.69) is 6.92 Å². The number of carbonyl (C=O) groups excluding carboxylic acids is 1. The van der Waals surface area contributed by atoms with Gasteiger partial charge in [0.05, 0.1) is 17.3 Å². The Hall–Kier alpha value is -1.40. The van der Waals surface area contributed by atoms with Gasteiger partial charge in [-0.15, -0.1) is 0 Å². The smallest absolute Gasteiger partial charge is 0.254 e. The number of ether oxygens (including phenoxy) is 1. The van der Waals surface area contributed by atoms with Crippen molar-refractivity contribution in [1.82, 2.24) is 4.90 Å². The number of hydrogen-bond donors (Lipinski definition) is 0. The maximum atomic E-state index is 12.9. The number of rotatable bonds is 7. The second-order valence-corrected chi connectivity index (χ2v) is 8.87. The maximum absolute atomic E-state index is 12.9. The minimum atomic E-state index is -3.37. The lowest BCUT2D eigenvalue weighted by Gasteiger charge is -2.38. The van der Waals surface area contributed by atoms with Crippen LogP contribution in [0.1, 0.15) is 49.9 Å². The molecule has 0 radical (unpaired) electrons. The lowest BCUT2D eigenvalue weighted by Crippen LogP contribution is -2.45. The molecule has 1 aromatic rings. The molecule has 0 aromatic heterocycles. The molecule has 1 fully saturated rings. The molecule has 0 heterocycles. The van der Waals surface area contributed by atoms with Gasteiger partial charge in [-0.05, 0) is 49.9 Å². The molecule has 0 unspecified atom stereocenters. The second kappa shape index (κ2) is 8.81. The topological polar surface area (TPSA) is 63.7 Å². The predicted octanol–water partition coefficient (Wildman–Crippen LogP) is 3.15. The van der Waals surface area contributed by atoms with Crippen molar-refractivity contribution in [3.05, 3.63) is 29.8 Å². The number of sulfone groups is 1. The van der Waals surface area contributed by atoms with E-state index in [1.165, 1.54) is 25.7 Å². The molecular formula is C19H29NO4S. The molecule has 2 atom stereocenters. The largest absolute Gasteiger partial charge is 0.384 e. The predicted molar refractivity (Wildman–Crippen MR) is 98.5 cm³/mol. The van der Waals surface area contributed by atoms with E-state index in [-0.39, 0.29) is 29.2 Å². The van der Waals surface area contributed by atoms with Crippen molar-refractivity contribution in [2.45, 2.75) is 50.5 Å². The van der Waals surface area contributed by atoms with Crippen LogP contribution >= 0.6 is 0 Å². The highest BCUT2D eigenvalue weighted by Crippen LogP contribution is 2.29. The average molecular weight is 368 g/mol. The van der Waals surface area contributed by atoms with E-state index in [1.807, 2.05) is 11.8 Å². The fourth-order valence-electron chi connectivity index (χ4n) is 3.57. The molecule has 1 saturated carbocycles. The fourth-order valence-corrected chi connectivity index (χ4v) is 4.74. The zero-order valence-electron chi connectivity index (χ0n) is 15.4. The molecule has 25 heavy (non-hydrogen) atoms. The van der Waals surface area contributed by atoms with Gasteiger partial charge in [0.15, 0.2) is 9.84 Å². The van der Waals surface area contributed by atoms with Crippen LogP contribution in [0.25, 0.3) is 0 Å². The van der Waals surface area contributed by atoms with Gasteiger partial charge in [0.25, 0.3) is 5.91 Å². The number of methoxy groups -OCH3 is 1. The van der Waals surface area contributed by atoms with E-state index in [0.717, 1.165) is 19.3 Å². The van der Waals surface area contributed by atoms with Gasteiger partial charge in [-0.2, -0.15) is 0 Å². The summed E-state index contributed by atoms with van der Waals surface area (Å²) in [6.45, 7) is 5.04. The molecule has 5 nitrogen and oxygen atoms in total. The molecule has 140 valence electrons. The summed E-state index contributed by atoms with van der Waals surface area (Å²) in [5.41, 5.74) is 0.547. The zero-order valence-corrected chi connectivity index (χ0v) is 16.2. The van der Waals surface area contributed by atoms with E-state index in [1.54, 1.807) is 12.1 Å². The number of hydrogen-bond acceptors (Lipinski definition) is 4. The van der Waals surface area contributed by atoms with Crippen molar-refractivity contribution < 1.29 is 17.9 Å². The molecule has 6 heteroatoms. The Balaban J connectivity index is 2.16. The van der Waals surface area contributed by atoms with Crippen molar-refractivity contribution in [3.8, 4) is 0 Å². The first kappa shape index (κ1) is 19.9. The highest BCUT2D eigenvalue weighted by Gasteiger charge is 2.30. The molecule has 2 rings (SSSR count). The van der Waals surface area contributed by atoms with Crippen molar-refractivity contribution in [1.29, 1.82) is 0 Å². The van der Waals surface area contributed by atoms with Crippen molar-refractivity contribution in [2.24, 2.45) is 5.92 Å². The summed E-state index contributed by atoms with van der Waals surface area (Å²) in [6, 6.07) is 6.57. The van der Waals surface area contributed by atoms with Crippen LogP contribution in [0.2, 0.25) is 0 Å². The Labute approximate surface area is 151 Å². The van der Waals surface area contributed by atoms with Crippen LogP contribution in [0.4, 0.5) is 0 Å². The van der Waals surface area contributed by atoms with Crippen molar-refractivity contribution in [2.75, 3.05) is 26.0 Å². The average Bonchev–Trinajstić information content (AvgIpc) is 2.62. The van der Waals surface area contributed by atoms with E-state index in [4.69, 9.17) is 4.74 Å². The Morgan fingerprint density at radius 1 is 1.20 bits per heavy atom. The third-order valence-electron chi connectivity index (χ3n) is 5.08. The molecular weight excluding hydrogens is 338 g/mol. The molecule has 0 spiro atoms. The lowest BCUT2D eigenvalue weighted by molar-refractivity contribution is 0.0569. The van der Waals surface area contributed by atoms with Gasteiger partial charge in [-0.25, -0.2) is 8.42 Å². The van der Waals surface area contributed by atoms with Crippen molar-refractivity contribution >= 4 is 15.7 Å². The first-order valence-corrected chi connectivity index (χ1v) is 10.7. The number of benzene rings is 1. The summed E-state index contributed by atoms with van der Waals surface area (Å²) in [4.78, 5) is 15.1. The highest BCUT2D eigenvalue weighted by atomic mass is 32.2. The van der Waals surface area contributed by atoms with Crippen LogP contribution in [0, 0.1) is 5.92 Å². The zero-order chi connectivity index (χ0) is 18.4. The van der Waals surface area contributed by atoms with Gasteiger partial charge < -0.3 is 9.64 Å². The first-order chi connectivity index (χ1) is 11.9. The van der Waals surface area contributed by atoms with E-state index >= 15 is 0 Å². The summed E-state index contributed by atoms with van der Waals surface area (Å²) in [7, 11) is -1.89. The Bertz CT molecular complexity index is 669. The maximum Gasteiger partial charge on any atom is 0.254 e. The summed E-state index contributed by atoms with van der Waals surface area (Å²) in [5.74, 6) is 0.436. The summed E-state index contributed by atoms with van der Waals surface area (Å²) in [5, 5.41) is 0. The molecule has 0 aliphatic heterocycles. The number of nitrogens with zero attached hydrogens (tertiary/aromatic N) is 1. The molecule has 1 aliphatic rings. The van der Waals surface area contributed by atoms with Gasteiger partial charge in [-0.1, -0.05) is 19.8 Å². The van der Waals surface area contributed by atoms with Crippen LogP contribution in [-0.2, 0) is 14.6 Å². The summed E-state index contributed by atoms with van der Waals surface area (Å²) >= 11 is 0. The molecule has 1 amide bonds. The molecule has 0 saturated heterocycles. The monoisotopic (exact) mass is 367 g/mol. The highest BCUT2D eigenvalue weighted by molar-refractivity contribution is 7.91. The number of carbonyl (C=O) groups is 1. The number of amides is 1. The quantitative estimate of drug-likeness (QED) is 0.743. The van der Waals surface area contributed by atoms with Gasteiger partial charge in [0, 0.05) is 25.3 Å². The molecule has 1 aromatic carbocycles. The molecule has 1 aliphatic carbocycles.